The van der Waals surface area contributed by atoms with Gasteiger partial charge in [0.1, 0.15) is 17.9 Å². The van der Waals surface area contributed by atoms with Crippen molar-refractivity contribution in [3.63, 3.8) is 0 Å². The number of rotatable bonds is 4. The summed E-state index contributed by atoms with van der Waals surface area (Å²) in [6, 6.07) is 7.65. The molecule has 1 aromatic rings. The predicted molar refractivity (Wildman–Crippen MR) is 90.3 cm³/mol. The van der Waals surface area contributed by atoms with Crippen molar-refractivity contribution in [3.8, 4) is 0 Å². The molecule has 0 aromatic heterocycles. The summed E-state index contributed by atoms with van der Waals surface area (Å²) < 4.78 is 5.30. The Morgan fingerprint density at radius 2 is 1.84 bits per heavy atom. The second-order valence-electron chi connectivity index (χ2n) is 6.96. The van der Waals surface area contributed by atoms with E-state index in [1.165, 1.54) is 11.9 Å². The zero-order valence-corrected chi connectivity index (χ0v) is 15.1. The lowest BCUT2D eigenvalue weighted by molar-refractivity contribution is -0.734. The Hall–Kier alpha value is -2.21. The number of carbonyl (C=O) groups excluding carboxylic acids is 3. The van der Waals surface area contributed by atoms with Crippen LogP contribution in [0.1, 0.15) is 37.4 Å². The van der Waals surface area contributed by atoms with E-state index in [0.29, 0.717) is 6.42 Å². The molecule has 134 valence electrons. The fourth-order valence-corrected chi connectivity index (χ4v) is 4.30. The van der Waals surface area contributed by atoms with E-state index in [9.17, 15) is 14.4 Å². The Kier molecular flexibility index (Phi) is 4.41. The molecule has 6 nitrogen and oxygen atoms in total. The molecular weight excluding hydrogens is 320 g/mol. The molecule has 2 N–H and O–H groups in total. The summed E-state index contributed by atoms with van der Waals surface area (Å²) in [4.78, 5) is 39.5. The maximum absolute atomic E-state index is 12.8. The Balaban J connectivity index is 2.10. The summed E-state index contributed by atoms with van der Waals surface area (Å²) in [7, 11) is 1.50. The van der Waals surface area contributed by atoms with Crippen molar-refractivity contribution in [1.29, 1.82) is 0 Å². The summed E-state index contributed by atoms with van der Waals surface area (Å²) in [6.07, 6.45) is 0.433. The normalized spacial score (nSPS) is 31.4. The lowest BCUT2D eigenvalue weighted by Crippen LogP contribution is -2.98. The van der Waals surface area contributed by atoms with Gasteiger partial charge in [-0.25, -0.2) is 4.79 Å². The summed E-state index contributed by atoms with van der Waals surface area (Å²) >= 11 is 0. The van der Waals surface area contributed by atoms with Crippen molar-refractivity contribution < 1.29 is 24.4 Å². The number of likely N-dealkylation sites (tertiary alicyclic amines) is 1. The van der Waals surface area contributed by atoms with Gasteiger partial charge >= 0.3 is 5.97 Å². The maximum atomic E-state index is 12.8. The van der Waals surface area contributed by atoms with E-state index < -0.39 is 23.3 Å². The van der Waals surface area contributed by atoms with Crippen molar-refractivity contribution >= 4 is 17.8 Å². The van der Waals surface area contributed by atoms with Crippen molar-refractivity contribution in [2.75, 3.05) is 13.7 Å². The maximum Gasteiger partial charge on any atom is 0.368 e. The van der Waals surface area contributed by atoms with E-state index in [1.807, 2.05) is 43.4 Å². The highest BCUT2D eigenvalue weighted by molar-refractivity contribution is 6.08. The van der Waals surface area contributed by atoms with E-state index in [4.69, 9.17) is 4.74 Å². The molecule has 0 aliphatic carbocycles. The molecule has 0 bridgehead atoms. The zero-order chi connectivity index (χ0) is 18.4. The molecule has 25 heavy (non-hydrogen) atoms. The molecule has 3 rings (SSSR count). The number of ether oxygens (including phenoxy) is 1. The van der Waals surface area contributed by atoms with Crippen LogP contribution in [-0.2, 0) is 19.1 Å². The number of hydrogen-bond acceptors (Lipinski definition) is 4. The van der Waals surface area contributed by atoms with E-state index in [0.717, 1.165) is 11.1 Å². The second kappa shape index (κ2) is 6.26. The van der Waals surface area contributed by atoms with Gasteiger partial charge in [0, 0.05) is 19.0 Å². The number of benzene rings is 1. The van der Waals surface area contributed by atoms with Crippen LogP contribution in [0, 0.1) is 18.8 Å². The first-order valence-corrected chi connectivity index (χ1v) is 8.78. The predicted octanol–water partition coefficient (Wildman–Crippen LogP) is 0.556. The van der Waals surface area contributed by atoms with E-state index >= 15 is 0 Å². The quantitative estimate of drug-likeness (QED) is 0.639. The third-order valence-corrected chi connectivity index (χ3v) is 5.69. The lowest BCUT2D eigenvalue weighted by atomic mass is 9.78. The van der Waals surface area contributed by atoms with Crippen LogP contribution >= 0.6 is 0 Å². The average molecular weight is 345 g/mol. The van der Waals surface area contributed by atoms with E-state index in [-0.39, 0.29) is 24.5 Å². The number of esters is 1. The van der Waals surface area contributed by atoms with Crippen LogP contribution in [0.3, 0.4) is 0 Å². The van der Waals surface area contributed by atoms with Crippen LogP contribution in [0.4, 0.5) is 0 Å². The van der Waals surface area contributed by atoms with Gasteiger partial charge in [-0.3, -0.25) is 14.5 Å². The Morgan fingerprint density at radius 3 is 2.40 bits per heavy atom. The summed E-state index contributed by atoms with van der Waals surface area (Å²) in [5, 5.41) is 1.90. The number of aryl methyl sites for hydroxylation is 1. The summed E-state index contributed by atoms with van der Waals surface area (Å²) in [5.41, 5.74) is 1.03. The van der Waals surface area contributed by atoms with Crippen LogP contribution in [-0.4, -0.2) is 41.9 Å². The minimum Gasteiger partial charge on any atom is -0.461 e. The first kappa shape index (κ1) is 17.6. The van der Waals surface area contributed by atoms with Gasteiger partial charge in [0.05, 0.1) is 6.61 Å². The molecule has 4 atom stereocenters. The van der Waals surface area contributed by atoms with Crippen LogP contribution in [0.2, 0.25) is 0 Å². The Morgan fingerprint density at radius 1 is 1.20 bits per heavy atom. The number of amides is 2. The average Bonchev–Trinajstić information content (AvgIpc) is 3.06. The van der Waals surface area contributed by atoms with Gasteiger partial charge in [0.25, 0.3) is 0 Å². The fourth-order valence-electron chi connectivity index (χ4n) is 4.30. The number of carbonyl (C=O) groups is 3. The van der Waals surface area contributed by atoms with Gasteiger partial charge in [-0.05, 0) is 13.8 Å². The fraction of sp³-hybridized carbons (Fsp3) is 0.526. The summed E-state index contributed by atoms with van der Waals surface area (Å²) in [5.74, 6) is -2.12. The molecule has 0 saturated carbocycles. The number of fused-ring (bicyclic) bond motifs is 1. The SMILES string of the molecule is CCOC(=O)[C@@]1(CC)[NH2+][C@@H](c2ccc(C)cc2)[C@H]2C(=O)N(C)C(=O)[C@H]21. The van der Waals surface area contributed by atoms with Gasteiger partial charge in [0.2, 0.25) is 17.4 Å². The molecule has 2 aliphatic rings. The van der Waals surface area contributed by atoms with Crippen molar-refractivity contribution in [2.45, 2.75) is 38.8 Å². The number of nitrogens with zero attached hydrogens (tertiary/aromatic N) is 1. The lowest BCUT2D eigenvalue weighted by Gasteiger charge is -2.28. The second-order valence-corrected chi connectivity index (χ2v) is 6.96. The monoisotopic (exact) mass is 345 g/mol. The molecule has 2 amide bonds. The van der Waals surface area contributed by atoms with E-state index in [1.54, 1.807) is 6.92 Å². The minimum atomic E-state index is -1.05. The van der Waals surface area contributed by atoms with Gasteiger partial charge in [-0.2, -0.15) is 0 Å². The standard InChI is InChI=1S/C19H24N2O4/c1-5-19(18(24)25-6-2)14-13(16(22)21(4)17(14)23)15(20-19)12-9-7-11(3)8-10-12/h7-10,13-15,20H,5-6H2,1-4H3/p+1/t13-,14-,15-,19-/m0/s1. The first-order valence-electron chi connectivity index (χ1n) is 8.78. The number of imide groups is 1. The molecule has 2 aliphatic heterocycles. The highest BCUT2D eigenvalue weighted by atomic mass is 16.5. The third kappa shape index (κ3) is 2.47. The van der Waals surface area contributed by atoms with Gasteiger partial charge in [-0.1, -0.05) is 36.8 Å². The molecule has 0 unspecified atom stereocenters. The van der Waals surface area contributed by atoms with Crippen molar-refractivity contribution in [1.82, 2.24) is 4.90 Å². The smallest absolute Gasteiger partial charge is 0.368 e. The van der Waals surface area contributed by atoms with Crippen molar-refractivity contribution in [2.24, 2.45) is 11.8 Å². The number of quaternary nitrogens is 1. The van der Waals surface area contributed by atoms with Crippen LogP contribution < -0.4 is 5.32 Å². The highest BCUT2D eigenvalue weighted by Gasteiger charge is 2.71. The number of hydrogen-bond donors (Lipinski definition) is 1. The van der Waals surface area contributed by atoms with E-state index in [2.05, 4.69) is 0 Å². The highest BCUT2D eigenvalue weighted by Crippen LogP contribution is 2.45. The first-order chi connectivity index (χ1) is 11.9. The molecule has 0 spiro atoms. The number of nitrogens with two attached hydrogens (primary N) is 1. The van der Waals surface area contributed by atoms with Gasteiger partial charge < -0.3 is 10.1 Å². The molecule has 1 aromatic carbocycles. The molecule has 2 fully saturated rings. The zero-order valence-electron chi connectivity index (χ0n) is 15.1. The molecule has 2 heterocycles. The Labute approximate surface area is 147 Å². The van der Waals surface area contributed by atoms with Crippen LogP contribution in [0.5, 0.6) is 0 Å². The third-order valence-electron chi connectivity index (χ3n) is 5.69. The molecular formula is C19H25N2O4+. The van der Waals surface area contributed by atoms with Crippen molar-refractivity contribution in [3.05, 3.63) is 35.4 Å². The molecule has 6 heteroatoms. The minimum absolute atomic E-state index is 0.212. The topological polar surface area (TPSA) is 80.3 Å². The largest absolute Gasteiger partial charge is 0.461 e. The molecule has 0 radical (unpaired) electrons. The van der Waals surface area contributed by atoms with Crippen LogP contribution in [0.15, 0.2) is 24.3 Å². The van der Waals surface area contributed by atoms with Gasteiger partial charge in [0.15, 0.2) is 0 Å². The van der Waals surface area contributed by atoms with Crippen LogP contribution in [0.25, 0.3) is 0 Å². The molecule has 2 saturated heterocycles. The Bertz CT molecular complexity index is 715. The van der Waals surface area contributed by atoms with Gasteiger partial charge in [-0.15, -0.1) is 0 Å². The summed E-state index contributed by atoms with van der Waals surface area (Å²) in [6.45, 7) is 5.87.